The number of pyridine rings is 1. The number of anilines is 2. The van der Waals surface area contributed by atoms with Gasteiger partial charge in [0.25, 0.3) is 0 Å². The quantitative estimate of drug-likeness (QED) is 0.152. The van der Waals surface area contributed by atoms with E-state index < -0.39 is 28.9 Å². The van der Waals surface area contributed by atoms with Crippen molar-refractivity contribution in [2.75, 3.05) is 50.0 Å². The van der Waals surface area contributed by atoms with Crippen LogP contribution < -0.4 is 9.62 Å². The zero-order valence-electron chi connectivity index (χ0n) is 26.2. The Morgan fingerprint density at radius 1 is 1.09 bits per heavy atom. The summed E-state index contributed by atoms with van der Waals surface area (Å²) in [7, 11) is 3.36. The number of methoxy groups -OCH3 is 2. The fraction of sp³-hybridized carbons (Fsp3) is 0.412. The number of hydrogen-bond donors (Lipinski definition) is 2. The van der Waals surface area contributed by atoms with Crippen LogP contribution in [0.4, 0.5) is 20.2 Å². The maximum atomic E-state index is 15.4. The van der Waals surface area contributed by atoms with E-state index >= 15 is 4.39 Å². The maximum Gasteiger partial charge on any atom is 0.198 e. The number of aromatic nitrogens is 2. The maximum absolute atomic E-state index is 15.4. The number of ether oxygens (including phenoxy) is 2. The van der Waals surface area contributed by atoms with Gasteiger partial charge in [-0.2, -0.15) is 0 Å². The monoisotopic (exact) mass is 651 g/mol. The van der Waals surface area contributed by atoms with E-state index in [1.165, 1.54) is 16.4 Å². The van der Waals surface area contributed by atoms with Crippen molar-refractivity contribution >= 4 is 39.4 Å². The Kier molecular flexibility index (Phi) is 9.78. The van der Waals surface area contributed by atoms with Crippen LogP contribution >= 0.6 is 0 Å². The molecule has 0 spiro atoms. The molecule has 2 fully saturated rings. The molecule has 2 atom stereocenters. The molecule has 12 heteroatoms. The third-order valence-corrected chi connectivity index (χ3v) is 10.3. The molecule has 6 rings (SSSR count). The van der Waals surface area contributed by atoms with E-state index in [9.17, 15) is 13.4 Å². The van der Waals surface area contributed by atoms with Crippen molar-refractivity contribution < 1.29 is 27.3 Å². The molecule has 244 valence electrons. The summed E-state index contributed by atoms with van der Waals surface area (Å²) in [4.78, 5) is 23.9. The van der Waals surface area contributed by atoms with E-state index in [1.807, 2.05) is 25.1 Å². The number of halogens is 2. The van der Waals surface area contributed by atoms with Crippen LogP contribution in [0.15, 0.2) is 54.9 Å². The van der Waals surface area contributed by atoms with Gasteiger partial charge < -0.3 is 19.4 Å². The number of rotatable bonds is 11. The molecule has 46 heavy (non-hydrogen) atoms. The summed E-state index contributed by atoms with van der Waals surface area (Å²) in [6, 6.07) is 12.8. The number of carbonyl (C=O) groups is 1. The van der Waals surface area contributed by atoms with Gasteiger partial charge >= 0.3 is 0 Å². The molecule has 0 saturated carbocycles. The van der Waals surface area contributed by atoms with Crippen LogP contribution in [0.25, 0.3) is 22.2 Å². The molecule has 2 aliphatic heterocycles. The van der Waals surface area contributed by atoms with Crippen molar-refractivity contribution in [3.8, 4) is 11.1 Å². The highest BCUT2D eigenvalue weighted by Crippen LogP contribution is 2.33. The van der Waals surface area contributed by atoms with Gasteiger partial charge in [0.05, 0.1) is 11.3 Å². The Labute approximate surface area is 270 Å². The second-order valence-electron chi connectivity index (χ2n) is 11.8. The van der Waals surface area contributed by atoms with Crippen molar-refractivity contribution in [1.29, 1.82) is 0 Å². The SMILES string of the molecule is CCc1c(NS(=O)N2CCC(F)C2)ccc(F)c1C(=O)c1c[nH]c2ncc(-c3ccc(N4CCC(C(OC)OC)CC4)cc3)cc12. The number of piperidine rings is 1. The summed E-state index contributed by atoms with van der Waals surface area (Å²) in [6.45, 7) is 4.04. The predicted molar refractivity (Wildman–Crippen MR) is 176 cm³/mol. The lowest BCUT2D eigenvalue weighted by Crippen LogP contribution is -2.39. The van der Waals surface area contributed by atoms with Crippen LogP contribution in [0.3, 0.4) is 0 Å². The third-order valence-electron chi connectivity index (χ3n) is 9.10. The molecule has 2 aliphatic rings. The Morgan fingerprint density at radius 3 is 2.48 bits per heavy atom. The van der Waals surface area contributed by atoms with E-state index in [0.717, 1.165) is 42.7 Å². The van der Waals surface area contributed by atoms with Crippen LogP contribution in [0.5, 0.6) is 0 Å². The standard InChI is InChI=1S/C34H39F2N5O4S/c1-4-26-30(39-46(43)41-16-13-24(35)20-41)10-9-29(36)31(26)32(42)28-19-38-33-27(28)17-23(18-37-33)21-5-7-25(8-6-21)40-14-11-22(12-15-40)34(44-2)45-3/h5-10,17-19,22,24,34,39H,4,11-16,20H2,1-3H3,(H,37,38). The molecule has 4 aromatic rings. The number of H-pyrrole nitrogens is 1. The van der Waals surface area contributed by atoms with Gasteiger partial charge in [-0.1, -0.05) is 19.1 Å². The molecule has 2 aromatic carbocycles. The number of carbonyl (C=O) groups excluding carboxylic acids is 1. The molecule has 0 bridgehead atoms. The van der Waals surface area contributed by atoms with Gasteiger partial charge in [-0.3, -0.25) is 9.52 Å². The van der Waals surface area contributed by atoms with E-state index in [2.05, 4.69) is 31.7 Å². The molecule has 0 amide bonds. The lowest BCUT2D eigenvalue weighted by atomic mass is 9.94. The number of ketones is 1. The summed E-state index contributed by atoms with van der Waals surface area (Å²) in [6.07, 6.45) is 4.68. The molecule has 4 heterocycles. The predicted octanol–water partition coefficient (Wildman–Crippen LogP) is 6.03. The zero-order valence-corrected chi connectivity index (χ0v) is 27.0. The number of nitrogens with one attached hydrogen (secondary N) is 2. The fourth-order valence-corrected chi connectivity index (χ4v) is 7.66. The molecular formula is C34H39F2N5O4S. The lowest BCUT2D eigenvalue weighted by molar-refractivity contribution is -0.141. The van der Waals surface area contributed by atoms with Crippen LogP contribution in [0, 0.1) is 11.7 Å². The van der Waals surface area contributed by atoms with Crippen LogP contribution in [0.2, 0.25) is 0 Å². The van der Waals surface area contributed by atoms with Gasteiger partial charge in [-0.05, 0) is 67.1 Å². The normalized spacial score (nSPS) is 18.5. The first-order chi connectivity index (χ1) is 22.3. The second-order valence-corrected chi connectivity index (χ2v) is 13.0. The summed E-state index contributed by atoms with van der Waals surface area (Å²) in [5, 5.41) is 0.578. The molecule has 2 N–H and O–H groups in total. The van der Waals surface area contributed by atoms with Crippen molar-refractivity contribution in [3.05, 3.63) is 77.4 Å². The summed E-state index contributed by atoms with van der Waals surface area (Å²) >= 11 is -1.72. The van der Waals surface area contributed by atoms with Crippen molar-refractivity contribution in [1.82, 2.24) is 14.3 Å². The van der Waals surface area contributed by atoms with E-state index in [4.69, 9.17) is 9.47 Å². The average molecular weight is 652 g/mol. The summed E-state index contributed by atoms with van der Waals surface area (Å²) in [5.41, 5.74) is 4.41. The minimum absolute atomic E-state index is 0.0598. The highest BCUT2D eigenvalue weighted by atomic mass is 32.2. The fourth-order valence-electron chi connectivity index (χ4n) is 6.58. The Hall–Kier alpha value is -3.71. The molecular weight excluding hydrogens is 612 g/mol. The lowest BCUT2D eigenvalue weighted by Gasteiger charge is -2.36. The van der Waals surface area contributed by atoms with Crippen molar-refractivity contribution in [3.63, 3.8) is 0 Å². The number of alkyl halides is 1. The Balaban J connectivity index is 1.23. The van der Waals surface area contributed by atoms with E-state index in [1.54, 1.807) is 26.6 Å². The van der Waals surface area contributed by atoms with Crippen LogP contribution in [0.1, 0.15) is 47.7 Å². The second kappa shape index (κ2) is 14.0. The topological polar surface area (TPSA) is 99.8 Å². The number of hydrogen-bond acceptors (Lipinski definition) is 6. The van der Waals surface area contributed by atoms with Gasteiger partial charge in [0.2, 0.25) is 0 Å². The molecule has 0 radical (unpaired) electrons. The van der Waals surface area contributed by atoms with E-state index in [0.29, 0.717) is 53.2 Å². The van der Waals surface area contributed by atoms with Crippen molar-refractivity contribution in [2.24, 2.45) is 5.92 Å². The summed E-state index contributed by atoms with van der Waals surface area (Å²) in [5.74, 6) is -0.797. The van der Waals surface area contributed by atoms with Gasteiger partial charge in [-0.15, -0.1) is 0 Å². The Morgan fingerprint density at radius 2 is 1.83 bits per heavy atom. The number of aromatic amines is 1. The van der Waals surface area contributed by atoms with Gasteiger partial charge in [-0.25, -0.2) is 22.3 Å². The Bertz CT molecular complexity index is 1720. The smallest absolute Gasteiger partial charge is 0.198 e. The first-order valence-electron chi connectivity index (χ1n) is 15.6. The third kappa shape index (κ3) is 6.44. The van der Waals surface area contributed by atoms with Crippen molar-refractivity contribution in [2.45, 2.75) is 45.1 Å². The number of nitrogens with zero attached hydrogens (tertiary/aromatic N) is 3. The first-order valence-corrected chi connectivity index (χ1v) is 16.7. The summed E-state index contributed by atoms with van der Waals surface area (Å²) < 4.78 is 57.2. The minimum Gasteiger partial charge on any atom is -0.372 e. The molecule has 2 unspecified atom stereocenters. The van der Waals surface area contributed by atoms with Gasteiger partial charge in [0.15, 0.2) is 23.2 Å². The first kappa shape index (κ1) is 32.2. The van der Waals surface area contributed by atoms with Gasteiger partial charge in [0, 0.05) is 80.9 Å². The average Bonchev–Trinajstić information content (AvgIpc) is 3.72. The highest BCUT2D eigenvalue weighted by molar-refractivity contribution is 7.84. The number of fused-ring (bicyclic) bond motifs is 1. The molecule has 2 saturated heterocycles. The van der Waals surface area contributed by atoms with Crippen LogP contribution in [-0.4, -0.2) is 77.1 Å². The zero-order chi connectivity index (χ0) is 32.4. The van der Waals surface area contributed by atoms with Crippen LogP contribution in [-0.2, 0) is 27.1 Å². The number of benzene rings is 2. The minimum atomic E-state index is -1.72. The van der Waals surface area contributed by atoms with Gasteiger partial charge in [0.1, 0.15) is 17.6 Å². The van der Waals surface area contributed by atoms with E-state index in [-0.39, 0.29) is 18.4 Å². The molecule has 0 aliphatic carbocycles. The molecule has 2 aromatic heterocycles. The molecule has 9 nitrogen and oxygen atoms in total. The highest BCUT2D eigenvalue weighted by Gasteiger charge is 2.29. The largest absolute Gasteiger partial charge is 0.372 e.